The SMILES string of the molecule is COc1ccc(C2OC2C(=O)c2ccccc2OCc2ccccc2)c(OC)c1. The van der Waals surface area contributed by atoms with Crippen LogP contribution in [0.2, 0.25) is 0 Å². The van der Waals surface area contributed by atoms with E-state index in [1.165, 1.54) is 0 Å². The highest BCUT2D eigenvalue weighted by Crippen LogP contribution is 2.46. The summed E-state index contributed by atoms with van der Waals surface area (Å²) in [5.74, 6) is 1.78. The number of rotatable bonds is 8. The van der Waals surface area contributed by atoms with Crippen LogP contribution in [0.4, 0.5) is 0 Å². The van der Waals surface area contributed by atoms with Crippen LogP contribution in [-0.2, 0) is 11.3 Å². The van der Waals surface area contributed by atoms with Gasteiger partial charge < -0.3 is 18.9 Å². The molecule has 0 aromatic heterocycles. The molecule has 5 nitrogen and oxygen atoms in total. The molecule has 5 heteroatoms. The molecule has 1 aliphatic heterocycles. The number of hydrogen-bond donors (Lipinski definition) is 0. The van der Waals surface area contributed by atoms with E-state index in [2.05, 4.69) is 0 Å². The summed E-state index contributed by atoms with van der Waals surface area (Å²) in [6, 6.07) is 22.6. The van der Waals surface area contributed by atoms with E-state index in [0.29, 0.717) is 29.4 Å². The Morgan fingerprint density at radius 1 is 0.897 bits per heavy atom. The topological polar surface area (TPSA) is 57.3 Å². The van der Waals surface area contributed by atoms with E-state index in [0.717, 1.165) is 11.1 Å². The predicted molar refractivity (Wildman–Crippen MR) is 109 cm³/mol. The van der Waals surface area contributed by atoms with Crippen molar-refractivity contribution >= 4 is 5.78 Å². The molecule has 0 saturated carbocycles. The number of epoxide rings is 1. The third kappa shape index (κ3) is 4.10. The first kappa shape index (κ1) is 19.0. The van der Waals surface area contributed by atoms with Gasteiger partial charge in [0, 0.05) is 11.6 Å². The van der Waals surface area contributed by atoms with E-state index in [1.54, 1.807) is 26.4 Å². The van der Waals surface area contributed by atoms with Gasteiger partial charge in [-0.3, -0.25) is 4.79 Å². The first-order chi connectivity index (χ1) is 14.2. The normalized spacial score (nSPS) is 17.4. The zero-order valence-corrected chi connectivity index (χ0v) is 16.3. The molecule has 0 N–H and O–H groups in total. The second-order valence-corrected chi connectivity index (χ2v) is 6.72. The van der Waals surface area contributed by atoms with E-state index >= 15 is 0 Å². The molecule has 1 fully saturated rings. The third-order valence-corrected chi connectivity index (χ3v) is 4.89. The molecule has 1 saturated heterocycles. The van der Waals surface area contributed by atoms with Crippen molar-refractivity contribution in [2.45, 2.75) is 18.8 Å². The second kappa shape index (κ2) is 8.37. The molecule has 0 radical (unpaired) electrons. The molecule has 2 unspecified atom stereocenters. The standard InChI is InChI=1S/C24H22O5/c1-26-17-12-13-19(21(14-17)27-2)23-24(29-23)22(25)18-10-6-7-11-20(18)28-15-16-8-4-3-5-9-16/h3-14,23-24H,15H2,1-2H3. The lowest BCUT2D eigenvalue weighted by atomic mass is 10.0. The average Bonchev–Trinajstić information content (AvgIpc) is 3.58. The Bertz CT molecular complexity index is 999. The Morgan fingerprint density at radius 2 is 1.66 bits per heavy atom. The predicted octanol–water partition coefficient (Wildman–Crippen LogP) is 4.61. The van der Waals surface area contributed by atoms with Crippen molar-refractivity contribution in [3.05, 3.63) is 89.5 Å². The van der Waals surface area contributed by atoms with Crippen molar-refractivity contribution in [3.63, 3.8) is 0 Å². The van der Waals surface area contributed by atoms with Crippen LogP contribution in [0.1, 0.15) is 27.6 Å². The largest absolute Gasteiger partial charge is 0.497 e. The molecule has 148 valence electrons. The number of ether oxygens (including phenoxy) is 4. The van der Waals surface area contributed by atoms with Crippen LogP contribution in [0.15, 0.2) is 72.8 Å². The van der Waals surface area contributed by atoms with Crippen LogP contribution in [0.3, 0.4) is 0 Å². The van der Waals surface area contributed by atoms with Crippen molar-refractivity contribution in [2.24, 2.45) is 0 Å². The number of carbonyl (C=O) groups excluding carboxylic acids is 1. The Hall–Kier alpha value is -3.31. The molecule has 4 rings (SSSR count). The fourth-order valence-electron chi connectivity index (χ4n) is 3.29. The molecule has 0 bridgehead atoms. The maximum absolute atomic E-state index is 13.1. The summed E-state index contributed by atoms with van der Waals surface area (Å²) in [4.78, 5) is 13.1. The minimum atomic E-state index is -0.557. The summed E-state index contributed by atoms with van der Waals surface area (Å²) < 4.78 is 22.3. The quantitative estimate of drug-likeness (QED) is 0.415. The van der Waals surface area contributed by atoms with E-state index in [-0.39, 0.29) is 11.9 Å². The lowest BCUT2D eigenvalue weighted by Crippen LogP contribution is -2.11. The summed E-state index contributed by atoms with van der Waals surface area (Å²) in [5, 5.41) is 0. The van der Waals surface area contributed by atoms with Gasteiger partial charge in [0.25, 0.3) is 0 Å². The minimum Gasteiger partial charge on any atom is -0.497 e. The second-order valence-electron chi connectivity index (χ2n) is 6.72. The summed E-state index contributed by atoms with van der Waals surface area (Å²) in [7, 11) is 3.19. The summed E-state index contributed by atoms with van der Waals surface area (Å²) in [6.45, 7) is 0.395. The highest BCUT2D eigenvalue weighted by Gasteiger charge is 2.48. The molecule has 0 aliphatic carbocycles. The molecular formula is C24H22O5. The molecule has 3 aromatic carbocycles. The van der Waals surface area contributed by atoms with Crippen molar-refractivity contribution in [1.82, 2.24) is 0 Å². The Balaban J connectivity index is 1.50. The van der Waals surface area contributed by atoms with Crippen LogP contribution in [0.25, 0.3) is 0 Å². The molecule has 2 atom stereocenters. The van der Waals surface area contributed by atoms with Gasteiger partial charge in [0.1, 0.15) is 30.0 Å². The first-order valence-corrected chi connectivity index (χ1v) is 9.38. The zero-order chi connectivity index (χ0) is 20.2. The molecular weight excluding hydrogens is 368 g/mol. The molecule has 0 spiro atoms. The Kier molecular flexibility index (Phi) is 5.49. The number of para-hydroxylation sites is 1. The van der Waals surface area contributed by atoms with E-state index < -0.39 is 6.10 Å². The molecule has 1 heterocycles. The number of benzene rings is 3. The number of ketones is 1. The van der Waals surface area contributed by atoms with Gasteiger partial charge in [0.2, 0.25) is 0 Å². The third-order valence-electron chi connectivity index (χ3n) is 4.89. The Morgan fingerprint density at radius 3 is 2.41 bits per heavy atom. The smallest absolute Gasteiger partial charge is 0.198 e. The number of methoxy groups -OCH3 is 2. The van der Waals surface area contributed by atoms with Gasteiger partial charge in [-0.1, -0.05) is 42.5 Å². The van der Waals surface area contributed by atoms with Crippen LogP contribution >= 0.6 is 0 Å². The van der Waals surface area contributed by atoms with Crippen LogP contribution in [0.5, 0.6) is 17.2 Å². The monoisotopic (exact) mass is 390 g/mol. The molecule has 1 aliphatic rings. The number of Topliss-reactive ketones (excluding diaryl/α,β-unsaturated/α-hetero) is 1. The van der Waals surface area contributed by atoms with Crippen molar-refractivity contribution in [1.29, 1.82) is 0 Å². The Labute approximate surface area is 169 Å². The van der Waals surface area contributed by atoms with Gasteiger partial charge in [0.05, 0.1) is 19.8 Å². The lowest BCUT2D eigenvalue weighted by molar-refractivity contribution is 0.0949. The van der Waals surface area contributed by atoms with Gasteiger partial charge in [-0.25, -0.2) is 0 Å². The van der Waals surface area contributed by atoms with Crippen LogP contribution < -0.4 is 14.2 Å². The fourth-order valence-corrected chi connectivity index (χ4v) is 3.29. The summed E-state index contributed by atoms with van der Waals surface area (Å²) >= 11 is 0. The minimum absolute atomic E-state index is 0.100. The molecule has 0 amide bonds. The van der Waals surface area contributed by atoms with Gasteiger partial charge in [-0.15, -0.1) is 0 Å². The van der Waals surface area contributed by atoms with Crippen molar-refractivity contribution in [3.8, 4) is 17.2 Å². The van der Waals surface area contributed by atoms with E-state index in [4.69, 9.17) is 18.9 Å². The highest BCUT2D eigenvalue weighted by molar-refractivity contribution is 6.03. The van der Waals surface area contributed by atoms with Gasteiger partial charge in [-0.05, 0) is 29.8 Å². The van der Waals surface area contributed by atoms with E-state index in [9.17, 15) is 4.79 Å². The van der Waals surface area contributed by atoms with Crippen LogP contribution in [-0.4, -0.2) is 26.1 Å². The van der Waals surface area contributed by atoms with Gasteiger partial charge >= 0.3 is 0 Å². The number of carbonyl (C=O) groups is 1. The van der Waals surface area contributed by atoms with Gasteiger partial charge in [0.15, 0.2) is 11.9 Å². The van der Waals surface area contributed by atoms with Crippen molar-refractivity contribution in [2.75, 3.05) is 14.2 Å². The number of hydrogen-bond acceptors (Lipinski definition) is 5. The maximum atomic E-state index is 13.1. The zero-order valence-electron chi connectivity index (χ0n) is 16.3. The lowest BCUT2D eigenvalue weighted by Gasteiger charge is -2.11. The summed E-state index contributed by atoms with van der Waals surface area (Å²) in [5.41, 5.74) is 2.39. The fraction of sp³-hybridized carbons (Fsp3) is 0.208. The molecule has 29 heavy (non-hydrogen) atoms. The molecule has 3 aromatic rings. The van der Waals surface area contributed by atoms with Gasteiger partial charge in [-0.2, -0.15) is 0 Å². The average molecular weight is 390 g/mol. The maximum Gasteiger partial charge on any atom is 0.198 e. The summed E-state index contributed by atoms with van der Waals surface area (Å²) in [6.07, 6.45) is -0.899. The van der Waals surface area contributed by atoms with Crippen LogP contribution in [0, 0.1) is 0 Å². The van der Waals surface area contributed by atoms with E-state index in [1.807, 2.05) is 60.7 Å². The highest BCUT2D eigenvalue weighted by atomic mass is 16.6. The van der Waals surface area contributed by atoms with Crippen molar-refractivity contribution < 1.29 is 23.7 Å². The first-order valence-electron chi connectivity index (χ1n) is 9.38.